The second-order valence-corrected chi connectivity index (χ2v) is 4.19. The van der Waals surface area contributed by atoms with E-state index in [0.29, 0.717) is 8.58 Å². The molecule has 0 spiro atoms. The van der Waals surface area contributed by atoms with Crippen LogP contribution < -0.4 is 0 Å². The third-order valence-electron chi connectivity index (χ3n) is 1.73. The zero-order valence-electron chi connectivity index (χ0n) is 7.42. The standard InChI is InChI=1S/C10H13OP/c1-3-12-10(11)9-7-5-4-6-8(9)2/h4-7,12H,3H2,1-2H3. The van der Waals surface area contributed by atoms with Crippen LogP contribution in [0.3, 0.4) is 0 Å². The maximum atomic E-state index is 11.5. The maximum absolute atomic E-state index is 11.5. The molecule has 1 rings (SSSR count). The van der Waals surface area contributed by atoms with Crippen molar-refractivity contribution >= 4 is 14.1 Å². The molecule has 0 aliphatic heterocycles. The fourth-order valence-corrected chi connectivity index (χ4v) is 1.88. The third-order valence-corrected chi connectivity index (χ3v) is 2.67. The molecule has 0 radical (unpaired) electrons. The van der Waals surface area contributed by atoms with Crippen molar-refractivity contribution in [1.82, 2.24) is 0 Å². The fourth-order valence-electron chi connectivity index (χ4n) is 1.08. The van der Waals surface area contributed by atoms with Crippen molar-refractivity contribution in [3.8, 4) is 0 Å². The highest BCUT2D eigenvalue weighted by Gasteiger charge is 2.05. The summed E-state index contributed by atoms with van der Waals surface area (Å²) in [6, 6.07) is 7.76. The van der Waals surface area contributed by atoms with Gasteiger partial charge in [0.1, 0.15) is 0 Å². The normalized spacial score (nSPS) is 10.8. The SMILES string of the molecule is CCPC(=O)c1ccccc1C. The molecule has 0 fully saturated rings. The van der Waals surface area contributed by atoms with E-state index in [1.54, 1.807) is 0 Å². The minimum Gasteiger partial charge on any atom is -0.289 e. The molecular weight excluding hydrogens is 167 g/mol. The third kappa shape index (κ3) is 2.15. The van der Waals surface area contributed by atoms with E-state index in [9.17, 15) is 4.79 Å². The lowest BCUT2D eigenvalue weighted by atomic mass is 10.1. The van der Waals surface area contributed by atoms with Crippen LogP contribution in [0, 0.1) is 6.92 Å². The number of aryl methyl sites for hydroxylation is 1. The highest BCUT2D eigenvalue weighted by atomic mass is 31.1. The molecule has 2 heteroatoms. The van der Waals surface area contributed by atoms with Crippen LogP contribution >= 0.6 is 8.58 Å². The van der Waals surface area contributed by atoms with Gasteiger partial charge in [-0.15, -0.1) is 0 Å². The fraction of sp³-hybridized carbons (Fsp3) is 0.300. The smallest absolute Gasteiger partial charge is 0.181 e. The Kier molecular flexibility index (Phi) is 3.43. The van der Waals surface area contributed by atoms with E-state index in [2.05, 4.69) is 0 Å². The molecule has 0 aromatic heterocycles. The summed E-state index contributed by atoms with van der Waals surface area (Å²) >= 11 is 0. The van der Waals surface area contributed by atoms with E-state index in [0.717, 1.165) is 17.3 Å². The minimum atomic E-state index is 0.288. The summed E-state index contributed by atoms with van der Waals surface area (Å²) in [6.07, 6.45) is 0.952. The quantitative estimate of drug-likeness (QED) is 0.653. The first-order chi connectivity index (χ1) is 5.75. The molecule has 1 unspecified atom stereocenters. The minimum absolute atomic E-state index is 0.288. The van der Waals surface area contributed by atoms with E-state index in [1.165, 1.54) is 0 Å². The van der Waals surface area contributed by atoms with Gasteiger partial charge in [-0.3, -0.25) is 4.79 Å². The van der Waals surface area contributed by atoms with Gasteiger partial charge in [0.25, 0.3) is 0 Å². The molecule has 12 heavy (non-hydrogen) atoms. The summed E-state index contributed by atoms with van der Waals surface area (Å²) < 4.78 is 0. The Balaban J connectivity index is 2.87. The van der Waals surface area contributed by atoms with E-state index in [-0.39, 0.29) is 5.52 Å². The van der Waals surface area contributed by atoms with Gasteiger partial charge in [0.15, 0.2) is 5.52 Å². The maximum Gasteiger partial charge on any atom is 0.181 e. The van der Waals surface area contributed by atoms with E-state index in [4.69, 9.17) is 0 Å². The predicted octanol–water partition coefficient (Wildman–Crippen LogP) is 2.83. The lowest BCUT2D eigenvalue weighted by Gasteiger charge is -2.01. The molecule has 0 aliphatic rings. The Morgan fingerprint density at radius 2 is 2.08 bits per heavy atom. The number of carbonyl (C=O) groups is 1. The van der Waals surface area contributed by atoms with Gasteiger partial charge < -0.3 is 0 Å². The number of hydrogen-bond donors (Lipinski definition) is 0. The van der Waals surface area contributed by atoms with Gasteiger partial charge in [-0.1, -0.05) is 31.2 Å². The van der Waals surface area contributed by atoms with E-state index in [1.807, 2.05) is 38.1 Å². The Hall–Kier alpha value is -0.680. The Bertz CT molecular complexity index is 281. The van der Waals surface area contributed by atoms with Crippen molar-refractivity contribution in [3.63, 3.8) is 0 Å². The first-order valence-corrected chi connectivity index (χ1v) is 5.30. The average Bonchev–Trinajstić information content (AvgIpc) is 2.05. The summed E-state index contributed by atoms with van der Waals surface area (Å²) in [5, 5.41) is 0. The Morgan fingerprint density at radius 1 is 1.42 bits per heavy atom. The summed E-state index contributed by atoms with van der Waals surface area (Å²) in [4.78, 5) is 11.5. The average molecular weight is 180 g/mol. The van der Waals surface area contributed by atoms with Crippen LogP contribution in [0.2, 0.25) is 0 Å². The first-order valence-electron chi connectivity index (χ1n) is 4.09. The molecule has 1 aromatic rings. The van der Waals surface area contributed by atoms with Crippen molar-refractivity contribution in [1.29, 1.82) is 0 Å². The van der Waals surface area contributed by atoms with Gasteiger partial charge in [-0.05, 0) is 27.2 Å². The number of hydrogen-bond acceptors (Lipinski definition) is 1. The highest BCUT2D eigenvalue weighted by Crippen LogP contribution is 2.20. The van der Waals surface area contributed by atoms with Gasteiger partial charge in [0.2, 0.25) is 0 Å². The van der Waals surface area contributed by atoms with Crippen molar-refractivity contribution in [3.05, 3.63) is 35.4 Å². The molecule has 0 aliphatic carbocycles. The Morgan fingerprint density at radius 3 is 2.67 bits per heavy atom. The van der Waals surface area contributed by atoms with E-state index < -0.39 is 0 Å². The number of benzene rings is 1. The molecule has 0 heterocycles. The van der Waals surface area contributed by atoms with Gasteiger partial charge in [-0.2, -0.15) is 0 Å². The summed E-state index contributed by atoms with van der Waals surface area (Å²) in [5.74, 6) is 0. The van der Waals surface area contributed by atoms with Crippen LogP contribution in [0.4, 0.5) is 0 Å². The van der Waals surface area contributed by atoms with Crippen LogP contribution in [0.1, 0.15) is 22.8 Å². The molecule has 0 N–H and O–H groups in total. The summed E-state index contributed by atoms with van der Waals surface area (Å²) in [5.41, 5.74) is 2.26. The van der Waals surface area contributed by atoms with Crippen LogP contribution in [0.5, 0.6) is 0 Å². The van der Waals surface area contributed by atoms with Gasteiger partial charge in [-0.25, -0.2) is 0 Å². The molecule has 0 amide bonds. The molecule has 1 aromatic carbocycles. The zero-order chi connectivity index (χ0) is 8.97. The van der Waals surface area contributed by atoms with Gasteiger partial charge in [0.05, 0.1) is 0 Å². The lowest BCUT2D eigenvalue weighted by Crippen LogP contribution is -1.94. The zero-order valence-corrected chi connectivity index (χ0v) is 8.42. The lowest BCUT2D eigenvalue weighted by molar-refractivity contribution is 0.108. The summed E-state index contributed by atoms with van der Waals surface area (Å²) in [7, 11) is 0.424. The van der Waals surface area contributed by atoms with Crippen LogP contribution in [0.25, 0.3) is 0 Å². The second kappa shape index (κ2) is 4.37. The van der Waals surface area contributed by atoms with Gasteiger partial charge >= 0.3 is 0 Å². The first kappa shape index (κ1) is 9.41. The topological polar surface area (TPSA) is 17.1 Å². The second-order valence-electron chi connectivity index (χ2n) is 2.67. The van der Waals surface area contributed by atoms with Crippen molar-refractivity contribution in [2.45, 2.75) is 13.8 Å². The monoisotopic (exact) mass is 180 g/mol. The molecular formula is C10H13OP. The molecule has 1 atom stereocenters. The molecule has 64 valence electrons. The van der Waals surface area contributed by atoms with Crippen molar-refractivity contribution in [2.24, 2.45) is 0 Å². The molecule has 0 bridgehead atoms. The Labute approximate surface area is 75.0 Å². The van der Waals surface area contributed by atoms with Crippen molar-refractivity contribution in [2.75, 3.05) is 6.16 Å². The van der Waals surface area contributed by atoms with Crippen LogP contribution in [0.15, 0.2) is 24.3 Å². The van der Waals surface area contributed by atoms with Crippen LogP contribution in [-0.2, 0) is 0 Å². The van der Waals surface area contributed by atoms with Gasteiger partial charge in [0, 0.05) is 5.56 Å². The largest absolute Gasteiger partial charge is 0.289 e. The van der Waals surface area contributed by atoms with Crippen molar-refractivity contribution < 1.29 is 4.79 Å². The highest BCUT2D eigenvalue weighted by molar-refractivity contribution is 7.58. The van der Waals surface area contributed by atoms with E-state index >= 15 is 0 Å². The summed E-state index contributed by atoms with van der Waals surface area (Å²) in [6.45, 7) is 4.02. The molecule has 0 saturated heterocycles. The van der Waals surface area contributed by atoms with Crippen LogP contribution in [-0.4, -0.2) is 11.7 Å². The predicted molar refractivity (Wildman–Crippen MR) is 54.4 cm³/mol. The number of carbonyl (C=O) groups excluding carboxylic acids is 1. The molecule has 0 saturated carbocycles. The molecule has 1 nitrogen and oxygen atoms in total. The number of rotatable bonds is 3.